The third-order valence-corrected chi connectivity index (χ3v) is 6.01. The monoisotopic (exact) mass is 327 g/mol. The Labute approximate surface area is 143 Å². The van der Waals surface area contributed by atoms with Gasteiger partial charge in [-0.05, 0) is 63.3 Å². The van der Waals surface area contributed by atoms with Crippen LogP contribution in [0, 0.1) is 19.8 Å². The summed E-state index contributed by atoms with van der Waals surface area (Å²) in [6.45, 7) is 8.18. The highest BCUT2D eigenvalue weighted by Gasteiger charge is 2.58. The van der Waals surface area contributed by atoms with Crippen molar-refractivity contribution in [1.82, 2.24) is 0 Å². The maximum atomic E-state index is 13.1. The first kappa shape index (κ1) is 16.7. The molecule has 1 heterocycles. The number of carbonyl (C=O) groups excluding carboxylic acids is 2. The van der Waals surface area contributed by atoms with E-state index >= 15 is 0 Å². The summed E-state index contributed by atoms with van der Waals surface area (Å²) in [6, 6.07) is 4.09. The fourth-order valence-corrected chi connectivity index (χ4v) is 4.22. The van der Waals surface area contributed by atoms with Gasteiger partial charge in [-0.3, -0.25) is 9.59 Å². The van der Waals surface area contributed by atoms with Gasteiger partial charge in [-0.1, -0.05) is 17.2 Å². The largest absolute Gasteiger partial charge is 0.468 e. The van der Waals surface area contributed by atoms with Crippen molar-refractivity contribution in [3.63, 3.8) is 0 Å². The van der Waals surface area contributed by atoms with Crippen molar-refractivity contribution < 1.29 is 14.3 Å². The average Bonchev–Trinajstić information content (AvgIpc) is 2.55. The molecule has 0 saturated carbocycles. The van der Waals surface area contributed by atoms with Crippen molar-refractivity contribution in [2.45, 2.75) is 46.0 Å². The van der Waals surface area contributed by atoms with Crippen LogP contribution in [0.4, 0.5) is 5.69 Å². The molecule has 0 radical (unpaired) electrons. The van der Waals surface area contributed by atoms with Crippen LogP contribution in [0.3, 0.4) is 0 Å². The molecule has 0 unspecified atom stereocenters. The summed E-state index contributed by atoms with van der Waals surface area (Å²) in [5.74, 6) is -0.693. The molecule has 4 nitrogen and oxygen atoms in total. The Bertz CT molecular complexity index is 777. The Morgan fingerprint density at radius 1 is 1.17 bits per heavy atom. The molecule has 2 atom stereocenters. The van der Waals surface area contributed by atoms with Gasteiger partial charge >= 0.3 is 5.97 Å². The highest BCUT2D eigenvalue weighted by molar-refractivity contribution is 6.06. The smallest absolute Gasteiger partial charge is 0.317 e. The predicted molar refractivity (Wildman–Crippen MR) is 94.1 cm³/mol. The molecule has 4 heteroatoms. The third kappa shape index (κ3) is 2.05. The van der Waals surface area contributed by atoms with Crippen LogP contribution in [0.25, 0.3) is 0 Å². The zero-order valence-corrected chi connectivity index (χ0v) is 15.3. The van der Waals surface area contributed by atoms with Crippen molar-refractivity contribution in [3.8, 4) is 0 Å². The van der Waals surface area contributed by atoms with Crippen LogP contribution in [0.2, 0.25) is 0 Å². The van der Waals surface area contributed by atoms with Gasteiger partial charge in [0.25, 0.3) is 0 Å². The molecule has 1 aliphatic carbocycles. The van der Waals surface area contributed by atoms with E-state index < -0.39 is 11.3 Å². The van der Waals surface area contributed by atoms with Gasteiger partial charge in [0, 0.05) is 12.7 Å². The number of nitrogens with zero attached hydrogens (tertiary/aromatic N) is 1. The fourth-order valence-electron chi connectivity index (χ4n) is 4.22. The van der Waals surface area contributed by atoms with Crippen molar-refractivity contribution >= 4 is 17.6 Å². The fraction of sp³-hybridized carbons (Fsp3) is 0.500. The Morgan fingerprint density at radius 2 is 1.79 bits per heavy atom. The normalized spacial score (nSPS) is 26.2. The molecule has 1 amide bonds. The van der Waals surface area contributed by atoms with Gasteiger partial charge in [0.1, 0.15) is 5.41 Å². The first-order valence-corrected chi connectivity index (χ1v) is 8.37. The number of ether oxygens (including phenoxy) is 1. The van der Waals surface area contributed by atoms with Gasteiger partial charge < -0.3 is 9.64 Å². The van der Waals surface area contributed by atoms with Gasteiger partial charge in [-0.2, -0.15) is 0 Å². The van der Waals surface area contributed by atoms with Crippen LogP contribution < -0.4 is 4.90 Å². The second kappa shape index (κ2) is 5.47. The van der Waals surface area contributed by atoms with Gasteiger partial charge in [0.2, 0.25) is 5.91 Å². The lowest BCUT2D eigenvalue weighted by Crippen LogP contribution is -2.56. The van der Waals surface area contributed by atoms with Crippen LogP contribution in [0.15, 0.2) is 23.3 Å². The molecule has 1 aliphatic heterocycles. The van der Waals surface area contributed by atoms with Crippen LogP contribution in [-0.2, 0) is 19.7 Å². The molecule has 0 aromatic heterocycles. The standard InChI is InChI=1S/C20H25NO3/c1-11-7-15-17(9-13(11)3)21(5)18(22)16-8-12(2)14(4)10-20(15,16)19(23)24-6/h7,9,16H,8,10H2,1-6H3/t16-,20-/m1/s1. The minimum atomic E-state index is -0.907. The molecule has 0 fully saturated rings. The molecule has 128 valence electrons. The summed E-state index contributed by atoms with van der Waals surface area (Å²) in [6.07, 6.45) is 1.15. The van der Waals surface area contributed by atoms with Crippen LogP contribution in [-0.4, -0.2) is 26.0 Å². The number of esters is 1. The molecule has 0 bridgehead atoms. The summed E-state index contributed by atoms with van der Waals surface area (Å²) >= 11 is 0. The van der Waals surface area contributed by atoms with Gasteiger partial charge in [0.15, 0.2) is 0 Å². The lowest BCUT2D eigenvalue weighted by Gasteiger charge is -2.48. The Balaban J connectivity index is 2.37. The molecule has 0 spiro atoms. The maximum absolute atomic E-state index is 13.1. The zero-order valence-electron chi connectivity index (χ0n) is 15.3. The summed E-state index contributed by atoms with van der Waals surface area (Å²) in [7, 11) is 3.22. The molecule has 2 aliphatic rings. The lowest BCUT2D eigenvalue weighted by atomic mass is 9.58. The number of anilines is 1. The van der Waals surface area contributed by atoms with E-state index in [2.05, 4.69) is 19.9 Å². The molecular formula is C20H25NO3. The minimum absolute atomic E-state index is 0.00278. The van der Waals surface area contributed by atoms with Crippen LogP contribution in [0.1, 0.15) is 43.4 Å². The second-order valence-corrected chi connectivity index (χ2v) is 7.31. The van der Waals surface area contributed by atoms with Crippen molar-refractivity contribution in [2.75, 3.05) is 19.1 Å². The number of hydrogen-bond donors (Lipinski definition) is 0. The van der Waals surface area contributed by atoms with E-state index in [0.29, 0.717) is 12.8 Å². The van der Waals surface area contributed by atoms with Crippen molar-refractivity contribution in [1.29, 1.82) is 0 Å². The second-order valence-electron chi connectivity index (χ2n) is 7.31. The number of rotatable bonds is 1. The quantitative estimate of drug-likeness (QED) is 0.586. The van der Waals surface area contributed by atoms with E-state index in [9.17, 15) is 9.59 Å². The topological polar surface area (TPSA) is 46.6 Å². The predicted octanol–water partition coefficient (Wildman–Crippen LogP) is 3.44. The van der Waals surface area contributed by atoms with Gasteiger partial charge in [0.05, 0.1) is 13.0 Å². The molecule has 3 rings (SSSR count). The minimum Gasteiger partial charge on any atom is -0.468 e. The Hall–Kier alpha value is -2.10. The van der Waals surface area contributed by atoms with Crippen molar-refractivity contribution in [3.05, 3.63) is 40.0 Å². The first-order valence-electron chi connectivity index (χ1n) is 8.37. The number of amides is 1. The summed E-state index contributed by atoms with van der Waals surface area (Å²) < 4.78 is 5.21. The summed E-state index contributed by atoms with van der Waals surface area (Å²) in [4.78, 5) is 27.8. The highest BCUT2D eigenvalue weighted by atomic mass is 16.5. The number of fused-ring (bicyclic) bond motifs is 3. The number of aryl methyl sites for hydroxylation is 2. The third-order valence-electron chi connectivity index (χ3n) is 6.01. The average molecular weight is 327 g/mol. The number of allylic oxidation sites excluding steroid dienone is 2. The molecule has 1 aromatic carbocycles. The number of methoxy groups -OCH3 is 1. The molecule has 0 saturated heterocycles. The van der Waals surface area contributed by atoms with E-state index in [4.69, 9.17) is 4.74 Å². The SMILES string of the molecule is COC(=O)[C@@]12CC(C)=C(C)C[C@@H]1C(=O)N(C)c1cc(C)c(C)cc12. The Kier molecular flexibility index (Phi) is 3.82. The van der Waals surface area contributed by atoms with E-state index in [1.54, 1.807) is 11.9 Å². The lowest BCUT2D eigenvalue weighted by molar-refractivity contribution is -0.153. The van der Waals surface area contributed by atoms with E-state index in [-0.39, 0.29) is 11.9 Å². The van der Waals surface area contributed by atoms with E-state index in [0.717, 1.165) is 22.4 Å². The van der Waals surface area contributed by atoms with E-state index in [1.807, 2.05) is 19.9 Å². The highest BCUT2D eigenvalue weighted by Crippen LogP contribution is 2.53. The number of carbonyl (C=O) groups is 2. The molecular weight excluding hydrogens is 302 g/mol. The summed E-state index contributed by atoms with van der Waals surface area (Å²) in [5.41, 5.74) is 5.48. The molecule has 24 heavy (non-hydrogen) atoms. The summed E-state index contributed by atoms with van der Waals surface area (Å²) in [5, 5.41) is 0. The van der Waals surface area contributed by atoms with Gasteiger partial charge in [-0.15, -0.1) is 0 Å². The van der Waals surface area contributed by atoms with Crippen molar-refractivity contribution in [2.24, 2.45) is 5.92 Å². The Morgan fingerprint density at radius 3 is 2.42 bits per heavy atom. The molecule has 1 aromatic rings. The van der Waals surface area contributed by atoms with E-state index in [1.165, 1.54) is 18.3 Å². The maximum Gasteiger partial charge on any atom is 0.317 e. The zero-order chi connectivity index (χ0) is 17.8. The van der Waals surface area contributed by atoms with Crippen LogP contribution in [0.5, 0.6) is 0 Å². The first-order chi connectivity index (χ1) is 11.2. The molecule has 0 N–H and O–H groups in total. The number of hydrogen-bond acceptors (Lipinski definition) is 3. The van der Waals surface area contributed by atoms with Crippen LogP contribution >= 0.6 is 0 Å². The number of benzene rings is 1. The van der Waals surface area contributed by atoms with Gasteiger partial charge in [-0.25, -0.2) is 0 Å².